The highest BCUT2D eigenvalue weighted by Crippen LogP contribution is 2.34. The molecule has 1 atom stereocenters. The average molecular weight is 333 g/mol. The Hall–Kier alpha value is -1.78. The minimum absolute atomic E-state index is 0.0132. The number of rotatable bonds is 7. The first-order chi connectivity index (χ1) is 10.3. The normalized spacial score (nSPS) is 13.6. The number of aliphatic hydroxyl groups excluding tert-OH is 1. The second-order valence-corrected chi connectivity index (χ2v) is 6.33. The number of aliphatic hydroxyl groups is 1. The molecule has 0 aliphatic carbocycles. The van der Waals surface area contributed by atoms with Crippen molar-refractivity contribution < 1.29 is 24.2 Å². The molecule has 0 saturated heterocycles. The van der Waals surface area contributed by atoms with Gasteiger partial charge in [0, 0.05) is 6.61 Å². The zero-order valence-electron chi connectivity index (χ0n) is 11.4. The number of imidazole rings is 1. The van der Waals surface area contributed by atoms with E-state index in [9.17, 15) is 14.5 Å². The largest absolute Gasteiger partial charge is 0.393 e. The number of nitrogens with two attached hydrogens (primary N) is 1. The lowest BCUT2D eigenvalue weighted by atomic mass is 10.3. The van der Waals surface area contributed by atoms with Crippen molar-refractivity contribution in [3.63, 3.8) is 0 Å². The summed E-state index contributed by atoms with van der Waals surface area (Å²) >= 11 is 0. The molecule has 12 heteroatoms. The van der Waals surface area contributed by atoms with Crippen molar-refractivity contribution in [1.82, 2.24) is 19.9 Å². The lowest BCUT2D eigenvalue weighted by Gasteiger charge is -2.13. The number of ether oxygens (including phenoxy) is 1. The summed E-state index contributed by atoms with van der Waals surface area (Å²) in [7, 11) is -4.08. The molecule has 2 heterocycles. The summed E-state index contributed by atoms with van der Waals surface area (Å²) in [6.45, 7) is -0.414. The number of aromatic amines is 2. The molecule has 0 radical (unpaired) electrons. The fourth-order valence-corrected chi connectivity index (χ4v) is 2.35. The molecule has 2 aromatic rings. The first-order valence-electron chi connectivity index (χ1n) is 6.32. The smallest absolute Gasteiger partial charge is 0.325 e. The van der Waals surface area contributed by atoms with Crippen LogP contribution in [0.2, 0.25) is 0 Å². The molecule has 0 spiro atoms. The summed E-state index contributed by atoms with van der Waals surface area (Å²) in [6, 6.07) is 0. The standard InChI is InChI=1S/C10H16N5O6P/c11-10-14-8-6(9(17)15-10)12-7(13-8)5(4-16)21-2-1-3-22(18,19)20/h5,16H,1-4H2,(H2,18,19,20)(H4,11,12,13,14,15,17). The van der Waals surface area contributed by atoms with E-state index in [-0.39, 0.29) is 42.1 Å². The molecule has 2 rings (SSSR count). The zero-order valence-corrected chi connectivity index (χ0v) is 12.3. The van der Waals surface area contributed by atoms with Gasteiger partial charge in [0.2, 0.25) is 5.95 Å². The van der Waals surface area contributed by atoms with Crippen molar-refractivity contribution >= 4 is 24.7 Å². The Labute approximate surface area is 123 Å². The fourth-order valence-electron chi connectivity index (χ4n) is 1.81. The van der Waals surface area contributed by atoms with E-state index in [1.165, 1.54) is 0 Å². The minimum atomic E-state index is -4.08. The highest BCUT2D eigenvalue weighted by atomic mass is 31.2. The van der Waals surface area contributed by atoms with Gasteiger partial charge in [0.25, 0.3) is 5.56 Å². The van der Waals surface area contributed by atoms with Gasteiger partial charge in [0.1, 0.15) is 11.9 Å². The van der Waals surface area contributed by atoms with Crippen LogP contribution in [0.15, 0.2) is 4.79 Å². The van der Waals surface area contributed by atoms with Crippen molar-refractivity contribution in [2.45, 2.75) is 12.5 Å². The van der Waals surface area contributed by atoms with Crippen LogP contribution >= 0.6 is 7.60 Å². The molecule has 0 fully saturated rings. The molecule has 2 aromatic heterocycles. The monoisotopic (exact) mass is 333 g/mol. The second kappa shape index (κ2) is 6.55. The summed E-state index contributed by atoms with van der Waals surface area (Å²) in [4.78, 5) is 42.0. The van der Waals surface area contributed by atoms with Crippen molar-refractivity contribution in [3.8, 4) is 0 Å². The summed E-state index contributed by atoms with van der Waals surface area (Å²) in [5.74, 6) is 0.0935. The maximum Gasteiger partial charge on any atom is 0.325 e. The van der Waals surface area contributed by atoms with Crippen LogP contribution in [-0.4, -0.2) is 54.2 Å². The summed E-state index contributed by atoms with van der Waals surface area (Å²) in [5, 5.41) is 9.32. The molecule has 0 aliphatic heterocycles. The predicted octanol–water partition coefficient (Wildman–Crippen LogP) is -1.15. The Bertz CT molecular complexity index is 752. The van der Waals surface area contributed by atoms with E-state index in [4.69, 9.17) is 20.3 Å². The predicted molar refractivity (Wildman–Crippen MR) is 76.2 cm³/mol. The number of anilines is 1. The summed E-state index contributed by atoms with van der Waals surface area (Å²) in [6.07, 6.45) is -1.07. The Kier molecular flexibility index (Phi) is 4.94. The van der Waals surface area contributed by atoms with Gasteiger partial charge in [-0.3, -0.25) is 14.3 Å². The number of nitrogens with one attached hydrogen (secondary N) is 2. The third-order valence-electron chi connectivity index (χ3n) is 2.78. The topological polar surface area (TPSA) is 187 Å². The zero-order chi connectivity index (χ0) is 16.3. The summed E-state index contributed by atoms with van der Waals surface area (Å²) in [5.41, 5.74) is 5.10. The van der Waals surface area contributed by atoms with Crippen LogP contribution in [0.25, 0.3) is 11.2 Å². The number of hydrogen-bond acceptors (Lipinski definition) is 7. The first kappa shape index (κ1) is 16.6. The van der Waals surface area contributed by atoms with Crippen LogP contribution in [0.4, 0.5) is 5.95 Å². The van der Waals surface area contributed by atoms with E-state index >= 15 is 0 Å². The van der Waals surface area contributed by atoms with E-state index in [1.807, 2.05) is 0 Å². The van der Waals surface area contributed by atoms with Crippen LogP contribution in [0.1, 0.15) is 18.3 Å². The highest BCUT2D eigenvalue weighted by Gasteiger charge is 2.19. The molecule has 122 valence electrons. The van der Waals surface area contributed by atoms with E-state index in [0.717, 1.165) is 0 Å². The minimum Gasteiger partial charge on any atom is -0.393 e. The molecule has 0 aromatic carbocycles. The van der Waals surface area contributed by atoms with E-state index in [2.05, 4.69) is 19.9 Å². The Morgan fingerprint density at radius 1 is 1.32 bits per heavy atom. The SMILES string of the molecule is Nc1nc2nc(C(CO)OCCCP(=O)(O)O)[nH]c2c(=O)[nH]1. The van der Waals surface area contributed by atoms with Crippen molar-refractivity contribution in [1.29, 1.82) is 0 Å². The van der Waals surface area contributed by atoms with Crippen LogP contribution < -0.4 is 11.3 Å². The number of H-pyrrole nitrogens is 2. The van der Waals surface area contributed by atoms with Crippen LogP contribution in [0.3, 0.4) is 0 Å². The van der Waals surface area contributed by atoms with Crippen LogP contribution in [-0.2, 0) is 9.30 Å². The summed E-state index contributed by atoms with van der Waals surface area (Å²) < 4.78 is 16.0. The number of nitrogens with zero attached hydrogens (tertiary/aromatic N) is 2. The maximum absolute atomic E-state index is 11.7. The average Bonchev–Trinajstić information content (AvgIpc) is 2.81. The lowest BCUT2D eigenvalue weighted by Crippen LogP contribution is -2.13. The van der Waals surface area contributed by atoms with Gasteiger partial charge in [-0.05, 0) is 6.42 Å². The molecule has 0 amide bonds. The molecule has 11 nitrogen and oxygen atoms in total. The Morgan fingerprint density at radius 3 is 2.68 bits per heavy atom. The van der Waals surface area contributed by atoms with Gasteiger partial charge in [0.15, 0.2) is 11.2 Å². The molecule has 22 heavy (non-hydrogen) atoms. The van der Waals surface area contributed by atoms with Crippen molar-refractivity contribution in [2.24, 2.45) is 0 Å². The van der Waals surface area contributed by atoms with Gasteiger partial charge in [-0.25, -0.2) is 4.98 Å². The third kappa shape index (κ3) is 4.12. The fraction of sp³-hybridized carbons (Fsp3) is 0.500. The van der Waals surface area contributed by atoms with E-state index in [1.54, 1.807) is 0 Å². The molecule has 7 N–H and O–H groups in total. The maximum atomic E-state index is 11.7. The Balaban J connectivity index is 2.09. The molecule has 1 unspecified atom stereocenters. The Morgan fingerprint density at radius 2 is 2.05 bits per heavy atom. The molecule has 0 saturated carbocycles. The van der Waals surface area contributed by atoms with E-state index < -0.39 is 25.9 Å². The van der Waals surface area contributed by atoms with Gasteiger partial charge >= 0.3 is 7.60 Å². The first-order valence-corrected chi connectivity index (χ1v) is 8.12. The number of nitrogen functional groups attached to an aromatic ring is 1. The van der Waals surface area contributed by atoms with Gasteiger partial charge in [-0.1, -0.05) is 0 Å². The molecular weight excluding hydrogens is 317 g/mol. The lowest BCUT2D eigenvalue weighted by molar-refractivity contribution is 0.00732. The van der Waals surface area contributed by atoms with Crippen LogP contribution in [0.5, 0.6) is 0 Å². The molecule has 0 bridgehead atoms. The van der Waals surface area contributed by atoms with Gasteiger partial charge < -0.3 is 30.3 Å². The number of hydrogen-bond donors (Lipinski definition) is 6. The molecule has 0 aliphatic rings. The quantitative estimate of drug-likeness (QED) is 0.268. The number of aromatic nitrogens is 4. The van der Waals surface area contributed by atoms with Gasteiger partial charge in [-0.2, -0.15) is 4.98 Å². The second-order valence-electron chi connectivity index (χ2n) is 4.56. The van der Waals surface area contributed by atoms with E-state index in [0.29, 0.717) is 0 Å². The van der Waals surface area contributed by atoms with Gasteiger partial charge in [0.05, 0.1) is 12.8 Å². The van der Waals surface area contributed by atoms with Crippen LogP contribution in [0, 0.1) is 0 Å². The van der Waals surface area contributed by atoms with Crippen molar-refractivity contribution in [2.75, 3.05) is 25.1 Å². The molecular formula is C10H16N5O6P. The number of fused-ring (bicyclic) bond motifs is 1. The van der Waals surface area contributed by atoms with Gasteiger partial charge in [-0.15, -0.1) is 0 Å². The van der Waals surface area contributed by atoms with Crippen molar-refractivity contribution in [3.05, 3.63) is 16.2 Å². The highest BCUT2D eigenvalue weighted by molar-refractivity contribution is 7.51. The third-order valence-corrected chi connectivity index (χ3v) is 3.68.